The molecule has 0 bridgehead atoms. The summed E-state index contributed by atoms with van der Waals surface area (Å²) in [6.45, 7) is 4.04. The Morgan fingerprint density at radius 1 is 1.16 bits per heavy atom. The fourth-order valence-corrected chi connectivity index (χ4v) is 3.98. The Balaban J connectivity index is 1.38. The van der Waals surface area contributed by atoms with Crippen molar-refractivity contribution in [3.05, 3.63) is 29.8 Å². The van der Waals surface area contributed by atoms with Gasteiger partial charge in [0.15, 0.2) is 0 Å². The molecule has 1 atom stereocenters. The van der Waals surface area contributed by atoms with Gasteiger partial charge in [0.25, 0.3) is 0 Å². The number of carbonyl (C=O) groups excluding carboxylic acids is 1. The van der Waals surface area contributed by atoms with E-state index >= 15 is 0 Å². The predicted octanol–water partition coefficient (Wildman–Crippen LogP) is 1.93. The third-order valence-corrected chi connectivity index (χ3v) is 5.46. The summed E-state index contributed by atoms with van der Waals surface area (Å²) < 4.78 is 5.21. The van der Waals surface area contributed by atoms with Crippen LogP contribution in [0.2, 0.25) is 0 Å². The van der Waals surface area contributed by atoms with Crippen molar-refractivity contribution < 1.29 is 14.6 Å². The quantitative estimate of drug-likeness (QED) is 0.820. The Hall–Kier alpha value is -1.59. The minimum atomic E-state index is -0.430. The fourth-order valence-electron chi connectivity index (χ4n) is 3.98. The maximum absolute atomic E-state index is 11.7. The van der Waals surface area contributed by atoms with E-state index in [9.17, 15) is 9.90 Å². The number of carbonyl (C=O) groups is 1. The molecule has 1 N–H and O–H groups in total. The number of piperidine rings is 1. The number of hydrogen-bond donors (Lipinski definition) is 1. The molecule has 2 saturated heterocycles. The molecule has 1 aromatic rings. The third-order valence-electron chi connectivity index (χ3n) is 5.46. The molecule has 5 nitrogen and oxygen atoms in total. The minimum absolute atomic E-state index is 0.192. The van der Waals surface area contributed by atoms with Crippen LogP contribution in [0.15, 0.2) is 24.3 Å². The van der Waals surface area contributed by atoms with E-state index in [1.54, 1.807) is 12.0 Å². The third kappa shape index (κ3) is 5.19. The first-order valence-electron chi connectivity index (χ1n) is 9.45. The molecule has 0 saturated carbocycles. The number of nitrogens with zero attached hydrogens (tertiary/aromatic N) is 2. The van der Waals surface area contributed by atoms with Gasteiger partial charge in [-0.05, 0) is 62.4 Å². The Labute approximate surface area is 150 Å². The SMILES string of the molecule is COc1ccc(CC2CCN(CC(O)CN3CCCC3=O)CC2)cc1. The summed E-state index contributed by atoms with van der Waals surface area (Å²) in [5, 5.41) is 10.3. The highest BCUT2D eigenvalue weighted by Crippen LogP contribution is 2.23. The first-order chi connectivity index (χ1) is 12.1. The molecule has 138 valence electrons. The average molecular weight is 346 g/mol. The summed E-state index contributed by atoms with van der Waals surface area (Å²) in [6, 6.07) is 8.37. The van der Waals surface area contributed by atoms with Gasteiger partial charge in [-0.1, -0.05) is 12.1 Å². The summed E-state index contributed by atoms with van der Waals surface area (Å²) in [7, 11) is 1.69. The van der Waals surface area contributed by atoms with Crippen LogP contribution in [0.1, 0.15) is 31.2 Å². The summed E-state index contributed by atoms with van der Waals surface area (Å²) in [6.07, 6.45) is 4.59. The Morgan fingerprint density at radius 2 is 1.88 bits per heavy atom. The highest BCUT2D eigenvalue weighted by Gasteiger charge is 2.25. The normalized spacial score (nSPS) is 20.9. The molecule has 2 aliphatic rings. The van der Waals surface area contributed by atoms with Gasteiger partial charge in [0.05, 0.1) is 13.2 Å². The molecule has 0 spiro atoms. The zero-order chi connectivity index (χ0) is 17.6. The van der Waals surface area contributed by atoms with Gasteiger partial charge < -0.3 is 19.6 Å². The predicted molar refractivity (Wildman–Crippen MR) is 97.7 cm³/mol. The standard InChI is InChI=1S/C20H30N2O3/c1-25-19-6-4-16(5-7-19)13-17-8-11-21(12-9-17)14-18(23)15-22-10-2-3-20(22)24/h4-7,17-18,23H,2-3,8-15H2,1H3. The van der Waals surface area contributed by atoms with Gasteiger partial charge in [-0.15, -0.1) is 0 Å². The molecule has 2 fully saturated rings. The summed E-state index contributed by atoms with van der Waals surface area (Å²) >= 11 is 0. The molecular formula is C20H30N2O3. The number of β-amino-alcohol motifs (C(OH)–C–C–N with tert-alkyl or cyclic N) is 1. The molecule has 0 radical (unpaired) electrons. The van der Waals surface area contributed by atoms with Gasteiger partial charge in [0.1, 0.15) is 5.75 Å². The van der Waals surface area contributed by atoms with E-state index in [0.29, 0.717) is 25.4 Å². The van der Waals surface area contributed by atoms with Gasteiger partial charge in [0.2, 0.25) is 5.91 Å². The zero-order valence-corrected chi connectivity index (χ0v) is 15.2. The number of rotatable bonds is 7. The number of hydrogen-bond acceptors (Lipinski definition) is 4. The van der Waals surface area contributed by atoms with Gasteiger partial charge in [-0.3, -0.25) is 4.79 Å². The molecule has 25 heavy (non-hydrogen) atoms. The monoisotopic (exact) mass is 346 g/mol. The number of aliphatic hydroxyl groups is 1. The first kappa shape index (κ1) is 18.2. The molecule has 0 aliphatic carbocycles. The van der Waals surface area contributed by atoms with E-state index in [4.69, 9.17) is 4.74 Å². The largest absolute Gasteiger partial charge is 0.497 e. The molecule has 1 unspecified atom stereocenters. The van der Waals surface area contributed by atoms with Crippen molar-refractivity contribution in [1.29, 1.82) is 0 Å². The van der Waals surface area contributed by atoms with E-state index < -0.39 is 6.10 Å². The van der Waals surface area contributed by atoms with Crippen LogP contribution >= 0.6 is 0 Å². The Bertz CT molecular complexity index is 553. The Morgan fingerprint density at radius 3 is 2.48 bits per heavy atom. The first-order valence-corrected chi connectivity index (χ1v) is 9.45. The number of benzene rings is 1. The van der Waals surface area contributed by atoms with Crippen molar-refractivity contribution in [3.8, 4) is 5.75 Å². The maximum atomic E-state index is 11.7. The lowest BCUT2D eigenvalue weighted by molar-refractivity contribution is -0.129. The van der Waals surface area contributed by atoms with Crippen LogP contribution in [0.5, 0.6) is 5.75 Å². The smallest absolute Gasteiger partial charge is 0.222 e. The lowest BCUT2D eigenvalue weighted by atomic mass is 9.90. The number of amides is 1. The van der Waals surface area contributed by atoms with E-state index in [2.05, 4.69) is 17.0 Å². The zero-order valence-electron chi connectivity index (χ0n) is 15.2. The van der Waals surface area contributed by atoms with Crippen LogP contribution in [0, 0.1) is 5.92 Å². The van der Waals surface area contributed by atoms with Crippen molar-refractivity contribution in [2.45, 2.75) is 38.2 Å². The van der Waals surface area contributed by atoms with Crippen LogP contribution in [-0.4, -0.2) is 66.8 Å². The molecular weight excluding hydrogens is 316 g/mol. The van der Waals surface area contributed by atoms with Gasteiger partial charge in [-0.25, -0.2) is 0 Å². The van der Waals surface area contributed by atoms with Crippen LogP contribution in [0.4, 0.5) is 0 Å². The summed E-state index contributed by atoms with van der Waals surface area (Å²) in [5.74, 6) is 1.81. The molecule has 2 aliphatic heterocycles. The van der Waals surface area contributed by atoms with Crippen molar-refractivity contribution in [3.63, 3.8) is 0 Å². The topological polar surface area (TPSA) is 53.0 Å². The second-order valence-electron chi connectivity index (χ2n) is 7.39. The van der Waals surface area contributed by atoms with Crippen LogP contribution in [0.25, 0.3) is 0 Å². The van der Waals surface area contributed by atoms with E-state index in [1.165, 1.54) is 18.4 Å². The van der Waals surface area contributed by atoms with Crippen LogP contribution < -0.4 is 4.74 Å². The molecule has 5 heteroatoms. The van der Waals surface area contributed by atoms with Crippen LogP contribution in [-0.2, 0) is 11.2 Å². The molecule has 2 heterocycles. The Kier molecular flexibility index (Phi) is 6.32. The van der Waals surface area contributed by atoms with Crippen LogP contribution in [0.3, 0.4) is 0 Å². The molecule has 1 amide bonds. The molecule has 0 aromatic heterocycles. The van der Waals surface area contributed by atoms with Crippen molar-refractivity contribution in [2.75, 3.05) is 39.8 Å². The van der Waals surface area contributed by atoms with Gasteiger partial charge >= 0.3 is 0 Å². The number of ether oxygens (including phenoxy) is 1. The lowest BCUT2D eigenvalue weighted by Gasteiger charge is -2.34. The van der Waals surface area contributed by atoms with Gasteiger partial charge in [0, 0.05) is 26.1 Å². The molecule has 3 rings (SSSR count). The molecule has 1 aromatic carbocycles. The van der Waals surface area contributed by atoms with E-state index in [0.717, 1.165) is 38.2 Å². The highest BCUT2D eigenvalue weighted by atomic mass is 16.5. The number of methoxy groups -OCH3 is 1. The lowest BCUT2D eigenvalue weighted by Crippen LogP contribution is -2.43. The van der Waals surface area contributed by atoms with Crippen molar-refractivity contribution >= 4 is 5.91 Å². The summed E-state index contributed by atoms with van der Waals surface area (Å²) in [4.78, 5) is 15.8. The fraction of sp³-hybridized carbons (Fsp3) is 0.650. The number of likely N-dealkylation sites (tertiary alicyclic amines) is 2. The number of aliphatic hydroxyl groups excluding tert-OH is 1. The highest BCUT2D eigenvalue weighted by molar-refractivity contribution is 5.78. The van der Waals surface area contributed by atoms with Gasteiger partial charge in [-0.2, -0.15) is 0 Å². The van der Waals surface area contributed by atoms with Crippen molar-refractivity contribution in [2.24, 2.45) is 5.92 Å². The minimum Gasteiger partial charge on any atom is -0.497 e. The summed E-state index contributed by atoms with van der Waals surface area (Å²) in [5.41, 5.74) is 1.37. The maximum Gasteiger partial charge on any atom is 0.222 e. The van der Waals surface area contributed by atoms with E-state index in [1.807, 2.05) is 12.1 Å². The van der Waals surface area contributed by atoms with Crippen molar-refractivity contribution in [1.82, 2.24) is 9.80 Å². The second kappa shape index (κ2) is 8.68. The van der Waals surface area contributed by atoms with E-state index in [-0.39, 0.29) is 5.91 Å². The average Bonchev–Trinajstić information content (AvgIpc) is 3.02. The second-order valence-corrected chi connectivity index (χ2v) is 7.39.